The Bertz CT molecular complexity index is 682. The Morgan fingerprint density at radius 3 is 2.30 bits per heavy atom. The third-order valence-corrected chi connectivity index (χ3v) is 4.35. The second kappa shape index (κ2) is 7.01. The topological polar surface area (TPSA) is 23.6 Å². The molecule has 120 valence electrons. The molecule has 0 aliphatic carbocycles. The van der Waals surface area contributed by atoms with Gasteiger partial charge in [-0.05, 0) is 29.8 Å². The summed E-state index contributed by atoms with van der Waals surface area (Å²) < 4.78 is 13.8. The largest absolute Gasteiger partial charge is 0.366 e. The maximum atomic E-state index is 13.8. The predicted molar refractivity (Wildman–Crippen MR) is 90.3 cm³/mol. The van der Waals surface area contributed by atoms with Crippen molar-refractivity contribution in [3.8, 4) is 0 Å². The lowest BCUT2D eigenvalue weighted by atomic mass is 10.1. The van der Waals surface area contributed by atoms with Crippen molar-refractivity contribution < 1.29 is 9.18 Å². The number of para-hydroxylation sites is 1. The van der Waals surface area contributed by atoms with Gasteiger partial charge in [0.25, 0.3) is 0 Å². The normalized spacial score (nSPS) is 14.9. The Hall–Kier alpha value is -2.07. The summed E-state index contributed by atoms with van der Waals surface area (Å²) in [6.07, 6.45) is 0.372. The maximum Gasteiger partial charge on any atom is 0.227 e. The number of halogens is 2. The van der Waals surface area contributed by atoms with Crippen LogP contribution in [0, 0.1) is 5.82 Å². The number of rotatable bonds is 3. The van der Waals surface area contributed by atoms with Gasteiger partial charge in [0.05, 0.1) is 12.1 Å². The van der Waals surface area contributed by atoms with Crippen molar-refractivity contribution in [1.29, 1.82) is 0 Å². The highest BCUT2D eigenvalue weighted by Gasteiger charge is 2.22. The van der Waals surface area contributed by atoms with Crippen molar-refractivity contribution in [1.82, 2.24) is 4.90 Å². The molecule has 0 N–H and O–H groups in total. The van der Waals surface area contributed by atoms with E-state index < -0.39 is 0 Å². The number of carbonyl (C=O) groups excluding carboxylic acids is 1. The molecule has 23 heavy (non-hydrogen) atoms. The number of benzene rings is 2. The summed E-state index contributed by atoms with van der Waals surface area (Å²) in [7, 11) is 0. The average Bonchev–Trinajstić information content (AvgIpc) is 2.57. The van der Waals surface area contributed by atoms with Gasteiger partial charge < -0.3 is 9.80 Å². The van der Waals surface area contributed by atoms with Crippen molar-refractivity contribution in [3.05, 3.63) is 64.9 Å². The highest BCUT2D eigenvalue weighted by molar-refractivity contribution is 6.30. The Morgan fingerprint density at radius 1 is 1.00 bits per heavy atom. The maximum absolute atomic E-state index is 13.8. The van der Waals surface area contributed by atoms with Gasteiger partial charge in [0.15, 0.2) is 0 Å². The SMILES string of the molecule is O=C(Cc1ccc(Cl)cc1)N1CCN(c2ccccc2F)CC1. The first-order valence-corrected chi connectivity index (χ1v) is 8.03. The van der Waals surface area contributed by atoms with E-state index in [1.54, 1.807) is 24.3 Å². The van der Waals surface area contributed by atoms with E-state index in [4.69, 9.17) is 11.6 Å². The van der Waals surface area contributed by atoms with Crippen LogP contribution in [0.25, 0.3) is 0 Å². The minimum Gasteiger partial charge on any atom is -0.366 e. The number of piperazine rings is 1. The summed E-state index contributed by atoms with van der Waals surface area (Å²) in [6.45, 7) is 2.52. The fourth-order valence-electron chi connectivity index (χ4n) is 2.79. The molecule has 1 aliphatic rings. The smallest absolute Gasteiger partial charge is 0.227 e. The van der Waals surface area contributed by atoms with Crippen molar-refractivity contribution in [2.24, 2.45) is 0 Å². The van der Waals surface area contributed by atoms with Gasteiger partial charge in [-0.25, -0.2) is 4.39 Å². The highest BCUT2D eigenvalue weighted by atomic mass is 35.5. The molecule has 1 fully saturated rings. The van der Waals surface area contributed by atoms with Crippen molar-refractivity contribution in [2.45, 2.75) is 6.42 Å². The second-order valence-corrected chi connectivity index (χ2v) is 6.06. The molecule has 0 saturated carbocycles. The molecule has 0 radical (unpaired) electrons. The standard InChI is InChI=1S/C18H18ClFN2O/c19-15-7-5-14(6-8-15)13-18(23)22-11-9-21(10-12-22)17-4-2-1-3-16(17)20/h1-8H,9-13H2. The lowest BCUT2D eigenvalue weighted by Crippen LogP contribution is -2.49. The molecule has 5 heteroatoms. The first-order valence-electron chi connectivity index (χ1n) is 7.65. The van der Waals surface area contributed by atoms with E-state index in [0.29, 0.717) is 43.3 Å². The van der Waals surface area contributed by atoms with Gasteiger partial charge in [-0.2, -0.15) is 0 Å². The van der Waals surface area contributed by atoms with Crippen LogP contribution in [0.1, 0.15) is 5.56 Å². The number of carbonyl (C=O) groups is 1. The van der Waals surface area contributed by atoms with Crippen LogP contribution in [0.2, 0.25) is 5.02 Å². The monoisotopic (exact) mass is 332 g/mol. The van der Waals surface area contributed by atoms with Crippen molar-refractivity contribution in [3.63, 3.8) is 0 Å². The summed E-state index contributed by atoms with van der Waals surface area (Å²) in [5.41, 5.74) is 1.56. The lowest BCUT2D eigenvalue weighted by molar-refractivity contribution is -0.130. The molecule has 0 aromatic heterocycles. The van der Waals surface area contributed by atoms with Gasteiger partial charge >= 0.3 is 0 Å². The van der Waals surface area contributed by atoms with Crippen LogP contribution in [0.4, 0.5) is 10.1 Å². The van der Waals surface area contributed by atoms with Gasteiger partial charge in [-0.1, -0.05) is 35.9 Å². The van der Waals surface area contributed by atoms with E-state index in [2.05, 4.69) is 0 Å². The van der Waals surface area contributed by atoms with E-state index in [1.807, 2.05) is 28.0 Å². The van der Waals surface area contributed by atoms with Crippen molar-refractivity contribution in [2.75, 3.05) is 31.1 Å². The number of nitrogens with zero attached hydrogens (tertiary/aromatic N) is 2. The van der Waals surface area contributed by atoms with Crippen LogP contribution in [0.15, 0.2) is 48.5 Å². The zero-order chi connectivity index (χ0) is 16.2. The van der Waals surface area contributed by atoms with E-state index in [9.17, 15) is 9.18 Å². The van der Waals surface area contributed by atoms with Crippen LogP contribution in [0.5, 0.6) is 0 Å². The third-order valence-electron chi connectivity index (χ3n) is 4.09. The Labute approximate surface area is 140 Å². The molecule has 1 aliphatic heterocycles. The van der Waals surface area contributed by atoms with Gasteiger partial charge in [0, 0.05) is 31.2 Å². The Morgan fingerprint density at radius 2 is 1.65 bits per heavy atom. The molecule has 0 unspecified atom stereocenters. The number of hydrogen-bond donors (Lipinski definition) is 0. The van der Waals surface area contributed by atoms with Crippen LogP contribution in [-0.4, -0.2) is 37.0 Å². The minimum absolute atomic E-state index is 0.0977. The average molecular weight is 333 g/mol. The molecule has 2 aromatic rings. The van der Waals surface area contributed by atoms with Gasteiger partial charge in [-0.15, -0.1) is 0 Å². The van der Waals surface area contributed by atoms with Crippen molar-refractivity contribution >= 4 is 23.2 Å². The van der Waals surface area contributed by atoms with E-state index in [1.165, 1.54) is 6.07 Å². The summed E-state index contributed by atoms with van der Waals surface area (Å²) in [6, 6.07) is 14.1. The molecule has 3 rings (SSSR count). The summed E-state index contributed by atoms with van der Waals surface area (Å²) in [5, 5.41) is 0.666. The van der Waals surface area contributed by atoms with Crippen LogP contribution in [-0.2, 0) is 11.2 Å². The fraction of sp³-hybridized carbons (Fsp3) is 0.278. The first-order chi connectivity index (χ1) is 11.1. The number of hydrogen-bond acceptors (Lipinski definition) is 2. The Kier molecular flexibility index (Phi) is 4.82. The van der Waals surface area contributed by atoms with Crippen LogP contribution in [0.3, 0.4) is 0 Å². The first kappa shape index (κ1) is 15.8. The molecular weight excluding hydrogens is 315 g/mol. The van der Waals surface area contributed by atoms with Gasteiger partial charge in [0.2, 0.25) is 5.91 Å². The quantitative estimate of drug-likeness (QED) is 0.860. The zero-order valence-corrected chi connectivity index (χ0v) is 13.5. The molecule has 2 aromatic carbocycles. The number of amides is 1. The molecule has 3 nitrogen and oxygen atoms in total. The number of anilines is 1. The highest BCUT2D eigenvalue weighted by Crippen LogP contribution is 2.20. The summed E-state index contributed by atoms with van der Waals surface area (Å²) in [5.74, 6) is -0.117. The van der Waals surface area contributed by atoms with Gasteiger partial charge in [0.1, 0.15) is 5.82 Å². The molecule has 0 bridgehead atoms. The predicted octanol–water partition coefficient (Wildman–Crippen LogP) is 3.37. The van der Waals surface area contributed by atoms with Crippen LogP contribution < -0.4 is 4.90 Å². The molecule has 1 amide bonds. The molecule has 0 atom stereocenters. The second-order valence-electron chi connectivity index (χ2n) is 5.62. The lowest BCUT2D eigenvalue weighted by Gasteiger charge is -2.36. The fourth-order valence-corrected chi connectivity index (χ4v) is 2.92. The van der Waals surface area contributed by atoms with E-state index in [0.717, 1.165) is 5.56 Å². The molecule has 0 spiro atoms. The summed E-state index contributed by atoms with van der Waals surface area (Å²) in [4.78, 5) is 16.2. The van der Waals surface area contributed by atoms with Crippen LogP contribution >= 0.6 is 11.6 Å². The van der Waals surface area contributed by atoms with E-state index >= 15 is 0 Å². The van der Waals surface area contributed by atoms with Gasteiger partial charge in [-0.3, -0.25) is 4.79 Å². The zero-order valence-electron chi connectivity index (χ0n) is 12.7. The summed E-state index contributed by atoms with van der Waals surface area (Å²) >= 11 is 5.85. The van der Waals surface area contributed by atoms with E-state index in [-0.39, 0.29) is 11.7 Å². The molecular formula is C18H18ClFN2O. The molecule has 1 saturated heterocycles. The minimum atomic E-state index is -0.214. The molecule has 1 heterocycles. The Balaban J connectivity index is 1.57. The third kappa shape index (κ3) is 3.82.